The first kappa shape index (κ1) is 21.9. The third-order valence-corrected chi connectivity index (χ3v) is 9.29. The van der Waals surface area contributed by atoms with Crippen LogP contribution >= 0.6 is 0 Å². The Morgan fingerprint density at radius 2 is 1.05 bits per heavy atom. The molecule has 1 spiro atoms. The number of anilines is 2. The van der Waals surface area contributed by atoms with Crippen molar-refractivity contribution in [2.24, 2.45) is 0 Å². The summed E-state index contributed by atoms with van der Waals surface area (Å²) in [4.78, 5) is 0. The van der Waals surface area contributed by atoms with Gasteiger partial charge in [0.2, 0.25) is 0 Å². The van der Waals surface area contributed by atoms with Crippen molar-refractivity contribution in [3.8, 4) is 22.3 Å². The molecule has 1 nitrogen and oxygen atoms in total. The molecule has 0 atom stereocenters. The highest BCUT2D eigenvalue weighted by atomic mass is 14.9. The van der Waals surface area contributed by atoms with Crippen molar-refractivity contribution >= 4 is 11.4 Å². The van der Waals surface area contributed by atoms with Crippen LogP contribution in [0.2, 0.25) is 0 Å². The summed E-state index contributed by atoms with van der Waals surface area (Å²) < 4.78 is 0. The van der Waals surface area contributed by atoms with E-state index < -0.39 is 0 Å². The Bertz CT molecular complexity index is 1620. The van der Waals surface area contributed by atoms with E-state index in [1.807, 2.05) is 0 Å². The molecule has 0 saturated heterocycles. The lowest BCUT2D eigenvalue weighted by atomic mass is 9.70. The lowest BCUT2D eigenvalue weighted by Crippen LogP contribution is -2.25. The molecule has 0 radical (unpaired) electrons. The molecule has 1 saturated carbocycles. The minimum Gasteiger partial charge on any atom is -0.355 e. The van der Waals surface area contributed by atoms with Gasteiger partial charge >= 0.3 is 0 Å². The fraction of sp³-hybridized carbons (Fsp3) is 0.189. The van der Waals surface area contributed by atoms with Gasteiger partial charge in [0, 0.05) is 16.9 Å². The molecule has 3 aliphatic rings. The highest BCUT2D eigenvalue weighted by Crippen LogP contribution is 2.63. The largest absolute Gasteiger partial charge is 0.355 e. The Kier molecular flexibility index (Phi) is 4.88. The van der Waals surface area contributed by atoms with Crippen molar-refractivity contribution in [1.82, 2.24) is 0 Å². The van der Waals surface area contributed by atoms with E-state index in [9.17, 15) is 0 Å². The van der Waals surface area contributed by atoms with Gasteiger partial charge in [0.25, 0.3) is 0 Å². The zero-order chi connectivity index (χ0) is 25.1. The molecule has 1 heteroatoms. The van der Waals surface area contributed by atoms with Crippen LogP contribution in [0.3, 0.4) is 0 Å². The Balaban J connectivity index is 1.29. The summed E-state index contributed by atoms with van der Waals surface area (Å²) in [5, 5.41) is 3.83. The second-order valence-corrected chi connectivity index (χ2v) is 11.2. The van der Waals surface area contributed by atoms with Crippen LogP contribution < -0.4 is 5.32 Å². The van der Waals surface area contributed by atoms with E-state index in [-0.39, 0.29) is 5.41 Å². The van der Waals surface area contributed by atoms with Crippen LogP contribution in [-0.2, 0) is 5.41 Å². The Morgan fingerprint density at radius 3 is 1.71 bits per heavy atom. The standard InChI is InChI=1S/C37H31N/c1-2-11-25(12-3-1)26-21-23-27(24-22-26)38-35-20-10-19-34-36(35)30-15-6-9-18-33(30)37(34)31-16-7-4-13-28(31)29-14-5-8-17-32(29)37/h4-10,13-25,38H,1-3,11-12H2. The topological polar surface area (TPSA) is 12.0 Å². The van der Waals surface area contributed by atoms with Crippen molar-refractivity contribution in [3.05, 3.63) is 143 Å². The third-order valence-electron chi connectivity index (χ3n) is 9.29. The third kappa shape index (κ3) is 2.99. The number of hydrogen-bond acceptors (Lipinski definition) is 1. The predicted molar refractivity (Wildman–Crippen MR) is 158 cm³/mol. The highest BCUT2D eigenvalue weighted by Gasteiger charge is 2.51. The first-order valence-corrected chi connectivity index (χ1v) is 14.2. The van der Waals surface area contributed by atoms with Crippen LogP contribution in [-0.4, -0.2) is 0 Å². The normalized spacial score (nSPS) is 16.5. The maximum absolute atomic E-state index is 3.83. The van der Waals surface area contributed by atoms with Crippen LogP contribution in [0.5, 0.6) is 0 Å². The highest BCUT2D eigenvalue weighted by molar-refractivity contribution is 5.99. The van der Waals surface area contributed by atoms with Crippen LogP contribution in [0.25, 0.3) is 22.3 Å². The molecule has 0 aliphatic heterocycles. The predicted octanol–water partition coefficient (Wildman–Crippen LogP) is 9.82. The minimum atomic E-state index is -0.290. The van der Waals surface area contributed by atoms with Crippen molar-refractivity contribution in [1.29, 1.82) is 0 Å². The van der Waals surface area contributed by atoms with E-state index in [0.717, 1.165) is 11.6 Å². The molecule has 3 aliphatic carbocycles. The van der Waals surface area contributed by atoms with Gasteiger partial charge in [-0.15, -0.1) is 0 Å². The molecule has 1 N–H and O–H groups in total. The number of hydrogen-bond donors (Lipinski definition) is 1. The van der Waals surface area contributed by atoms with Crippen molar-refractivity contribution in [2.75, 3.05) is 5.32 Å². The van der Waals surface area contributed by atoms with E-state index in [1.54, 1.807) is 0 Å². The average molecular weight is 490 g/mol. The maximum Gasteiger partial charge on any atom is 0.0726 e. The zero-order valence-corrected chi connectivity index (χ0v) is 21.6. The monoisotopic (exact) mass is 489 g/mol. The van der Waals surface area contributed by atoms with Gasteiger partial charge in [-0.25, -0.2) is 0 Å². The van der Waals surface area contributed by atoms with Gasteiger partial charge < -0.3 is 5.32 Å². The fourth-order valence-electron chi connectivity index (χ4n) is 7.68. The van der Waals surface area contributed by atoms with E-state index in [4.69, 9.17) is 0 Å². The van der Waals surface area contributed by atoms with Crippen LogP contribution in [0, 0.1) is 0 Å². The Labute approximate surface area is 225 Å². The summed E-state index contributed by atoms with van der Waals surface area (Å²) in [6.45, 7) is 0. The summed E-state index contributed by atoms with van der Waals surface area (Å²) >= 11 is 0. The lowest BCUT2D eigenvalue weighted by Gasteiger charge is -2.30. The fourth-order valence-corrected chi connectivity index (χ4v) is 7.68. The molecule has 1 fully saturated rings. The molecule has 5 aromatic rings. The lowest BCUT2D eigenvalue weighted by molar-refractivity contribution is 0.443. The van der Waals surface area contributed by atoms with Gasteiger partial charge in [0.1, 0.15) is 0 Å². The molecule has 8 rings (SSSR count). The van der Waals surface area contributed by atoms with Crippen molar-refractivity contribution in [3.63, 3.8) is 0 Å². The number of benzene rings is 5. The molecule has 5 aromatic carbocycles. The van der Waals surface area contributed by atoms with Gasteiger partial charge in [-0.1, -0.05) is 116 Å². The minimum absolute atomic E-state index is 0.290. The summed E-state index contributed by atoms with van der Waals surface area (Å²) in [5.74, 6) is 0.730. The van der Waals surface area contributed by atoms with E-state index in [0.29, 0.717) is 0 Å². The number of rotatable bonds is 3. The number of nitrogens with one attached hydrogen (secondary N) is 1. The van der Waals surface area contributed by atoms with Gasteiger partial charge in [-0.2, -0.15) is 0 Å². The maximum atomic E-state index is 3.83. The molecule has 0 unspecified atom stereocenters. The van der Waals surface area contributed by atoms with Crippen LogP contribution in [0.1, 0.15) is 65.8 Å². The van der Waals surface area contributed by atoms with E-state index >= 15 is 0 Å². The van der Waals surface area contributed by atoms with Gasteiger partial charge in [0.05, 0.1) is 5.41 Å². The Morgan fingerprint density at radius 1 is 0.500 bits per heavy atom. The van der Waals surface area contributed by atoms with E-state index in [1.165, 1.54) is 87.9 Å². The quantitative estimate of drug-likeness (QED) is 0.260. The van der Waals surface area contributed by atoms with Gasteiger partial charge in [-0.05, 0) is 81.5 Å². The molecule has 0 bridgehead atoms. The van der Waals surface area contributed by atoms with E-state index in [2.05, 4.69) is 121 Å². The second kappa shape index (κ2) is 8.46. The van der Waals surface area contributed by atoms with Crippen LogP contribution in [0.4, 0.5) is 11.4 Å². The molecule has 0 heterocycles. The van der Waals surface area contributed by atoms with Crippen LogP contribution in [0.15, 0.2) is 115 Å². The summed E-state index contributed by atoms with van der Waals surface area (Å²) in [6, 6.07) is 43.1. The second-order valence-electron chi connectivity index (χ2n) is 11.2. The Hall–Kier alpha value is -4.10. The molecule has 38 heavy (non-hydrogen) atoms. The number of fused-ring (bicyclic) bond motifs is 10. The summed E-state index contributed by atoms with van der Waals surface area (Å²) in [6.07, 6.45) is 6.80. The first-order chi connectivity index (χ1) is 18.9. The summed E-state index contributed by atoms with van der Waals surface area (Å²) in [5.41, 5.74) is 14.4. The van der Waals surface area contributed by atoms with Gasteiger partial charge in [0.15, 0.2) is 0 Å². The van der Waals surface area contributed by atoms with Crippen molar-refractivity contribution in [2.45, 2.75) is 43.4 Å². The molecular weight excluding hydrogens is 458 g/mol. The first-order valence-electron chi connectivity index (χ1n) is 14.2. The van der Waals surface area contributed by atoms with Gasteiger partial charge in [-0.3, -0.25) is 0 Å². The SMILES string of the molecule is c1ccc2c(c1)-c1ccccc1C21c2ccccc2-c2c(Nc3ccc(C4CCCCC4)cc3)cccc21. The zero-order valence-electron chi connectivity index (χ0n) is 21.6. The smallest absolute Gasteiger partial charge is 0.0726 e. The molecule has 0 aromatic heterocycles. The summed E-state index contributed by atoms with van der Waals surface area (Å²) in [7, 11) is 0. The average Bonchev–Trinajstić information content (AvgIpc) is 3.46. The molecule has 0 amide bonds. The molecule has 184 valence electrons. The molecular formula is C37H31N. The van der Waals surface area contributed by atoms with Crippen molar-refractivity contribution < 1.29 is 0 Å².